The van der Waals surface area contributed by atoms with Gasteiger partial charge in [0.1, 0.15) is 0 Å². The fourth-order valence-corrected chi connectivity index (χ4v) is 4.81. The number of piperidine rings is 1. The zero-order valence-corrected chi connectivity index (χ0v) is 14.6. The zero-order chi connectivity index (χ0) is 16.5. The van der Waals surface area contributed by atoms with Crippen molar-refractivity contribution in [2.75, 3.05) is 6.61 Å². The van der Waals surface area contributed by atoms with Crippen LogP contribution in [0, 0.1) is 0 Å². The number of carbonyl (C=O) groups excluding carboxylic acids is 1. The highest BCUT2D eigenvalue weighted by atomic mass is 32.1. The third-order valence-corrected chi connectivity index (χ3v) is 6.31. The molecule has 2 fully saturated rings. The van der Waals surface area contributed by atoms with E-state index in [2.05, 4.69) is 34.7 Å². The second-order valence-electron chi connectivity index (χ2n) is 6.74. The number of nitrogens with zero attached hydrogens (tertiary/aromatic N) is 1. The average molecular weight is 345 g/mol. The van der Waals surface area contributed by atoms with Gasteiger partial charge in [-0.1, -0.05) is 0 Å². The maximum Gasteiger partial charge on any atom is 0.220 e. The van der Waals surface area contributed by atoms with E-state index < -0.39 is 0 Å². The lowest BCUT2D eigenvalue weighted by Gasteiger charge is -2.37. The molecule has 0 aliphatic carbocycles. The number of hydrogen-bond acceptors (Lipinski definition) is 5. The van der Waals surface area contributed by atoms with E-state index >= 15 is 0 Å². The predicted octanol–water partition coefficient (Wildman–Crippen LogP) is 2.77. The Hall–Kier alpha value is -1.50. The van der Waals surface area contributed by atoms with Crippen LogP contribution in [0.15, 0.2) is 24.5 Å². The summed E-state index contributed by atoms with van der Waals surface area (Å²) in [6.07, 6.45) is 7.48. The van der Waals surface area contributed by atoms with E-state index in [0.29, 0.717) is 6.42 Å². The minimum absolute atomic E-state index is 0.0762. The summed E-state index contributed by atoms with van der Waals surface area (Å²) in [5, 5.41) is 8.14. The van der Waals surface area contributed by atoms with Gasteiger partial charge in [0.05, 0.1) is 16.8 Å². The molecule has 2 aliphatic heterocycles. The summed E-state index contributed by atoms with van der Waals surface area (Å²) >= 11 is 1.78. The number of pyridine rings is 1. The van der Waals surface area contributed by atoms with Crippen molar-refractivity contribution >= 4 is 27.3 Å². The van der Waals surface area contributed by atoms with E-state index in [1.54, 1.807) is 11.3 Å². The van der Waals surface area contributed by atoms with Crippen LogP contribution in [-0.2, 0) is 9.53 Å². The van der Waals surface area contributed by atoms with Crippen LogP contribution in [0.4, 0.5) is 0 Å². The van der Waals surface area contributed by atoms with Gasteiger partial charge in [-0.2, -0.15) is 0 Å². The molecule has 1 amide bonds. The minimum atomic E-state index is 0.0762. The van der Waals surface area contributed by atoms with Crippen LogP contribution in [0.1, 0.15) is 43.5 Å². The maximum absolute atomic E-state index is 11.8. The van der Waals surface area contributed by atoms with Gasteiger partial charge >= 0.3 is 0 Å². The summed E-state index contributed by atoms with van der Waals surface area (Å²) in [5.41, 5.74) is 0. The zero-order valence-electron chi connectivity index (χ0n) is 13.8. The van der Waals surface area contributed by atoms with Crippen molar-refractivity contribution in [1.29, 1.82) is 0 Å². The molecule has 0 bridgehead atoms. The monoisotopic (exact) mass is 345 g/mol. The van der Waals surface area contributed by atoms with E-state index in [0.717, 1.165) is 25.9 Å². The Morgan fingerprint density at radius 3 is 3.17 bits per heavy atom. The largest absolute Gasteiger partial charge is 0.376 e. The van der Waals surface area contributed by atoms with Gasteiger partial charge < -0.3 is 15.4 Å². The Kier molecular flexibility index (Phi) is 4.52. The number of nitrogens with one attached hydrogen (secondary N) is 2. The molecule has 0 radical (unpaired) electrons. The Labute approximate surface area is 145 Å². The average Bonchev–Trinajstić information content (AvgIpc) is 3.25. The number of amides is 1. The molecule has 6 heteroatoms. The highest BCUT2D eigenvalue weighted by molar-refractivity contribution is 7.19. The van der Waals surface area contributed by atoms with Gasteiger partial charge in [-0.25, -0.2) is 0 Å². The van der Waals surface area contributed by atoms with E-state index in [9.17, 15) is 4.79 Å². The summed E-state index contributed by atoms with van der Waals surface area (Å²) in [6.45, 7) is 3.00. The third kappa shape index (κ3) is 3.18. The van der Waals surface area contributed by atoms with Gasteiger partial charge in [0, 0.05) is 42.4 Å². The maximum atomic E-state index is 11.8. The van der Waals surface area contributed by atoms with Crippen molar-refractivity contribution in [3.05, 3.63) is 29.4 Å². The molecule has 0 saturated carbocycles. The number of fused-ring (bicyclic) bond motifs is 1. The Bertz CT molecular complexity index is 693. The van der Waals surface area contributed by atoms with Crippen molar-refractivity contribution in [3.8, 4) is 0 Å². The molecule has 5 nitrogen and oxygen atoms in total. The standard InChI is InChI=1S/C18H23N3O2S/c1-11(15-9-12-6-7-19-10-16(12)24-15)20-13-4-5-17(22)21-18(13)14-3-2-8-23-14/h6-7,9-11,13-14,18,20H,2-5,8H2,1H3,(H,21,22). The number of hydrogen-bond donors (Lipinski definition) is 2. The third-order valence-electron chi connectivity index (χ3n) is 5.04. The summed E-state index contributed by atoms with van der Waals surface area (Å²) in [6, 6.07) is 4.86. The molecular formula is C18H23N3O2S. The first kappa shape index (κ1) is 16.0. The van der Waals surface area contributed by atoms with Crippen LogP contribution in [0.25, 0.3) is 10.1 Å². The van der Waals surface area contributed by atoms with Crippen LogP contribution < -0.4 is 10.6 Å². The fourth-order valence-electron chi connectivity index (χ4n) is 3.77. The first-order valence-corrected chi connectivity index (χ1v) is 9.53. The summed E-state index contributed by atoms with van der Waals surface area (Å²) in [7, 11) is 0. The normalized spacial score (nSPS) is 28.9. The Morgan fingerprint density at radius 2 is 2.38 bits per heavy atom. The molecule has 2 aromatic rings. The number of rotatable bonds is 4. The van der Waals surface area contributed by atoms with Gasteiger partial charge in [0.2, 0.25) is 5.91 Å². The lowest BCUT2D eigenvalue weighted by molar-refractivity contribution is -0.125. The first-order chi connectivity index (χ1) is 11.7. The Morgan fingerprint density at radius 1 is 1.46 bits per heavy atom. The van der Waals surface area contributed by atoms with Gasteiger partial charge in [-0.3, -0.25) is 9.78 Å². The number of thiophene rings is 1. The van der Waals surface area contributed by atoms with E-state index in [4.69, 9.17) is 4.74 Å². The molecule has 4 heterocycles. The second-order valence-corrected chi connectivity index (χ2v) is 7.86. The lowest BCUT2D eigenvalue weighted by Crippen LogP contribution is -2.59. The number of aromatic nitrogens is 1. The van der Waals surface area contributed by atoms with Crippen molar-refractivity contribution in [3.63, 3.8) is 0 Å². The molecule has 2 aromatic heterocycles. The van der Waals surface area contributed by atoms with Crippen molar-refractivity contribution < 1.29 is 9.53 Å². The topological polar surface area (TPSA) is 63.2 Å². The van der Waals surface area contributed by atoms with Crippen LogP contribution in [0.3, 0.4) is 0 Å². The van der Waals surface area contributed by atoms with E-state index in [1.807, 2.05) is 12.4 Å². The second kappa shape index (κ2) is 6.78. The molecule has 2 aliphatic rings. The fraction of sp³-hybridized carbons (Fsp3) is 0.556. The van der Waals surface area contributed by atoms with Gasteiger partial charge in [0.15, 0.2) is 0 Å². The van der Waals surface area contributed by atoms with Crippen LogP contribution in [0.5, 0.6) is 0 Å². The molecule has 0 aromatic carbocycles. The molecule has 0 spiro atoms. The van der Waals surface area contributed by atoms with E-state index in [1.165, 1.54) is 15.0 Å². The smallest absolute Gasteiger partial charge is 0.220 e. The van der Waals surface area contributed by atoms with Gasteiger partial charge in [0.25, 0.3) is 0 Å². The van der Waals surface area contributed by atoms with Crippen molar-refractivity contribution in [2.24, 2.45) is 0 Å². The number of ether oxygens (including phenoxy) is 1. The number of carbonyl (C=O) groups is 1. The lowest BCUT2D eigenvalue weighted by atomic mass is 9.91. The molecule has 4 atom stereocenters. The van der Waals surface area contributed by atoms with Crippen LogP contribution >= 0.6 is 11.3 Å². The quantitative estimate of drug-likeness (QED) is 0.894. The molecule has 4 rings (SSSR count). The molecule has 128 valence electrons. The molecule has 2 N–H and O–H groups in total. The van der Waals surface area contributed by atoms with Gasteiger partial charge in [-0.05, 0) is 43.7 Å². The molecule has 4 unspecified atom stereocenters. The van der Waals surface area contributed by atoms with Crippen molar-refractivity contribution in [2.45, 2.75) is 56.8 Å². The highest BCUT2D eigenvalue weighted by Crippen LogP contribution is 2.31. The Balaban J connectivity index is 1.50. The van der Waals surface area contributed by atoms with Crippen LogP contribution in [-0.4, -0.2) is 35.7 Å². The summed E-state index contributed by atoms with van der Waals surface area (Å²) < 4.78 is 7.06. The molecule has 24 heavy (non-hydrogen) atoms. The molecule has 2 saturated heterocycles. The minimum Gasteiger partial charge on any atom is -0.376 e. The predicted molar refractivity (Wildman–Crippen MR) is 95.1 cm³/mol. The summed E-state index contributed by atoms with van der Waals surface area (Å²) in [5.74, 6) is 0.147. The molecular weight excluding hydrogens is 322 g/mol. The van der Waals surface area contributed by atoms with E-state index in [-0.39, 0.29) is 30.1 Å². The van der Waals surface area contributed by atoms with Crippen molar-refractivity contribution in [1.82, 2.24) is 15.6 Å². The SMILES string of the molecule is CC(NC1CCC(=O)NC1C1CCCO1)c1cc2ccncc2s1. The highest BCUT2D eigenvalue weighted by Gasteiger charge is 2.37. The first-order valence-electron chi connectivity index (χ1n) is 8.71. The van der Waals surface area contributed by atoms with Gasteiger partial charge in [-0.15, -0.1) is 11.3 Å². The van der Waals surface area contributed by atoms with Crippen LogP contribution in [0.2, 0.25) is 0 Å². The summed E-state index contributed by atoms with van der Waals surface area (Å²) in [4.78, 5) is 17.4.